The van der Waals surface area contributed by atoms with E-state index in [1.807, 2.05) is 0 Å². The number of rotatable bonds is 2. The molecule has 0 aromatic carbocycles. The van der Waals surface area contributed by atoms with Gasteiger partial charge in [0.15, 0.2) is 0 Å². The second-order valence-corrected chi connectivity index (χ2v) is 2.76. The summed E-state index contributed by atoms with van der Waals surface area (Å²) in [5.41, 5.74) is -0.282. The summed E-state index contributed by atoms with van der Waals surface area (Å²) < 4.78 is 0. The largest absolute Gasteiger partial charge is 2.00 e. The van der Waals surface area contributed by atoms with Crippen LogP contribution < -0.4 is 10.2 Å². The maximum atomic E-state index is 9.99. The van der Waals surface area contributed by atoms with Gasteiger partial charge in [-0.2, -0.15) is 0 Å². The minimum atomic E-state index is -1.30. The number of hydrogen-bond acceptors (Lipinski definition) is 8. The fourth-order valence-corrected chi connectivity index (χ4v) is 0.809. The Morgan fingerprint density at radius 3 is 1.32 bits per heavy atom. The average Bonchev–Trinajstić information content (AvgIpc) is 2.41. The van der Waals surface area contributed by atoms with Crippen LogP contribution in [0.2, 0.25) is 0 Å². The SMILES string of the molecule is O=C([O-])c1cnccn1.O=C([O-])c1cnccn1.[Mg+2]. The molecule has 0 aliphatic rings. The molecule has 2 aromatic rings. The third-order valence-corrected chi connectivity index (χ3v) is 1.54. The van der Waals surface area contributed by atoms with E-state index in [0.717, 1.165) is 12.4 Å². The van der Waals surface area contributed by atoms with Crippen molar-refractivity contribution >= 4 is 35.0 Å². The molecule has 0 bridgehead atoms. The van der Waals surface area contributed by atoms with E-state index in [9.17, 15) is 19.8 Å². The second-order valence-electron chi connectivity index (χ2n) is 2.76. The number of carbonyl (C=O) groups is 2. The van der Waals surface area contributed by atoms with Crippen LogP contribution in [0.15, 0.2) is 37.2 Å². The van der Waals surface area contributed by atoms with Gasteiger partial charge in [0.25, 0.3) is 0 Å². The summed E-state index contributed by atoms with van der Waals surface area (Å²) >= 11 is 0. The molecule has 0 fully saturated rings. The van der Waals surface area contributed by atoms with Gasteiger partial charge < -0.3 is 19.8 Å². The number of aromatic nitrogens is 4. The van der Waals surface area contributed by atoms with E-state index in [4.69, 9.17) is 0 Å². The van der Waals surface area contributed by atoms with Crippen molar-refractivity contribution in [2.24, 2.45) is 0 Å². The average molecular weight is 270 g/mol. The van der Waals surface area contributed by atoms with Gasteiger partial charge in [0.2, 0.25) is 0 Å². The molecule has 0 aliphatic carbocycles. The van der Waals surface area contributed by atoms with Gasteiger partial charge in [0, 0.05) is 24.8 Å². The maximum Gasteiger partial charge on any atom is 2.00 e. The molecule has 0 atom stereocenters. The van der Waals surface area contributed by atoms with Crippen molar-refractivity contribution in [3.8, 4) is 0 Å². The minimum Gasteiger partial charge on any atom is -0.543 e. The van der Waals surface area contributed by atoms with Crippen molar-refractivity contribution in [2.45, 2.75) is 0 Å². The minimum absolute atomic E-state index is 0. The molecule has 0 saturated carbocycles. The van der Waals surface area contributed by atoms with E-state index in [0.29, 0.717) is 0 Å². The Bertz CT molecular complexity index is 474. The van der Waals surface area contributed by atoms with Crippen LogP contribution in [0, 0.1) is 0 Å². The number of carboxylic acids is 2. The van der Waals surface area contributed by atoms with E-state index in [1.165, 1.54) is 24.8 Å². The molecule has 0 amide bonds. The Morgan fingerprint density at radius 2 is 1.16 bits per heavy atom. The molecule has 0 N–H and O–H groups in total. The van der Waals surface area contributed by atoms with Gasteiger partial charge in [0.1, 0.15) is 11.4 Å². The Labute approximate surface area is 123 Å². The van der Waals surface area contributed by atoms with Crippen LogP contribution in [-0.2, 0) is 0 Å². The summed E-state index contributed by atoms with van der Waals surface area (Å²) in [5.74, 6) is -2.61. The molecule has 19 heavy (non-hydrogen) atoms. The molecule has 2 rings (SSSR count). The van der Waals surface area contributed by atoms with Crippen LogP contribution in [-0.4, -0.2) is 54.9 Å². The molecule has 0 spiro atoms. The zero-order valence-electron chi connectivity index (χ0n) is 9.59. The van der Waals surface area contributed by atoms with Gasteiger partial charge >= 0.3 is 23.1 Å². The van der Waals surface area contributed by atoms with E-state index < -0.39 is 11.9 Å². The Morgan fingerprint density at radius 1 is 0.789 bits per heavy atom. The van der Waals surface area contributed by atoms with Crippen LogP contribution in [0.1, 0.15) is 21.0 Å². The van der Waals surface area contributed by atoms with Crippen molar-refractivity contribution < 1.29 is 19.8 Å². The molecule has 92 valence electrons. The fraction of sp³-hybridized carbons (Fsp3) is 0. The number of carbonyl (C=O) groups excluding carboxylic acids is 2. The number of aromatic carboxylic acids is 2. The molecule has 2 heterocycles. The molecule has 9 heteroatoms. The van der Waals surface area contributed by atoms with Crippen LogP contribution in [0.25, 0.3) is 0 Å². The predicted molar refractivity (Wildman–Crippen MR) is 58.5 cm³/mol. The molecular weight excluding hydrogens is 264 g/mol. The van der Waals surface area contributed by atoms with Crippen LogP contribution in [0.4, 0.5) is 0 Å². The first-order valence-electron chi connectivity index (χ1n) is 4.56. The summed E-state index contributed by atoms with van der Waals surface area (Å²) in [4.78, 5) is 33.9. The molecule has 2 aromatic heterocycles. The Balaban J connectivity index is 0.000000324. The molecule has 0 saturated heterocycles. The first-order valence-corrected chi connectivity index (χ1v) is 4.56. The van der Waals surface area contributed by atoms with Crippen molar-refractivity contribution in [1.82, 2.24) is 19.9 Å². The third-order valence-electron chi connectivity index (χ3n) is 1.54. The summed E-state index contributed by atoms with van der Waals surface area (Å²) in [6, 6.07) is 0. The first-order chi connectivity index (χ1) is 8.61. The van der Waals surface area contributed by atoms with Gasteiger partial charge in [-0.1, -0.05) is 0 Å². The van der Waals surface area contributed by atoms with Gasteiger partial charge in [-0.25, -0.2) is 0 Å². The smallest absolute Gasteiger partial charge is 0.543 e. The Hall–Kier alpha value is -2.13. The maximum absolute atomic E-state index is 9.99. The van der Waals surface area contributed by atoms with Crippen LogP contribution in [0.3, 0.4) is 0 Å². The summed E-state index contributed by atoms with van der Waals surface area (Å²) in [5, 5.41) is 20.0. The first kappa shape index (κ1) is 16.9. The van der Waals surface area contributed by atoms with E-state index >= 15 is 0 Å². The fourth-order valence-electron chi connectivity index (χ4n) is 0.809. The molecule has 0 unspecified atom stereocenters. The topological polar surface area (TPSA) is 132 Å². The van der Waals surface area contributed by atoms with E-state index in [-0.39, 0.29) is 34.4 Å². The monoisotopic (exact) mass is 270 g/mol. The normalized spacial score (nSPS) is 8.42. The van der Waals surface area contributed by atoms with Gasteiger partial charge in [0.05, 0.1) is 24.3 Å². The van der Waals surface area contributed by atoms with Crippen molar-refractivity contribution in [3.63, 3.8) is 0 Å². The summed E-state index contributed by atoms with van der Waals surface area (Å²) in [7, 11) is 0. The van der Waals surface area contributed by atoms with Crippen molar-refractivity contribution in [2.75, 3.05) is 0 Å². The van der Waals surface area contributed by atoms with Crippen molar-refractivity contribution in [3.05, 3.63) is 48.6 Å². The third kappa shape index (κ3) is 6.38. The molecule has 8 nitrogen and oxygen atoms in total. The van der Waals surface area contributed by atoms with Crippen LogP contribution in [0.5, 0.6) is 0 Å². The second kappa shape index (κ2) is 8.88. The van der Waals surface area contributed by atoms with Gasteiger partial charge in [-0.15, -0.1) is 0 Å². The zero-order valence-corrected chi connectivity index (χ0v) is 11.0. The number of hydrogen-bond donors (Lipinski definition) is 0. The number of nitrogens with zero attached hydrogens (tertiary/aromatic N) is 4. The van der Waals surface area contributed by atoms with Crippen molar-refractivity contribution in [1.29, 1.82) is 0 Å². The van der Waals surface area contributed by atoms with Gasteiger partial charge in [-0.3, -0.25) is 19.9 Å². The summed E-state index contributed by atoms with van der Waals surface area (Å²) in [6.45, 7) is 0. The Kier molecular flexibility index (Phi) is 7.89. The summed E-state index contributed by atoms with van der Waals surface area (Å²) in [6.07, 6.45) is 7.65. The quantitative estimate of drug-likeness (QED) is 0.538. The number of carboxylic acid groups (broad SMARTS) is 2. The van der Waals surface area contributed by atoms with Gasteiger partial charge in [-0.05, 0) is 0 Å². The molecule has 0 radical (unpaired) electrons. The predicted octanol–water partition coefficient (Wildman–Crippen LogP) is -2.70. The molecular formula is C10H6MgN4O4. The van der Waals surface area contributed by atoms with Crippen LogP contribution >= 0.6 is 0 Å². The zero-order chi connectivity index (χ0) is 13.4. The molecule has 0 aliphatic heterocycles. The van der Waals surface area contributed by atoms with E-state index in [1.54, 1.807) is 0 Å². The standard InChI is InChI=1S/2C5H4N2O2.Mg/c2*8-5(9)4-3-6-1-2-7-4;/h2*1-3H,(H,8,9);/q;;+2/p-2. The van der Waals surface area contributed by atoms with E-state index in [2.05, 4.69) is 19.9 Å².